The third kappa shape index (κ3) is 3.79. The molecular formula is C19H29N3O2. The van der Waals surface area contributed by atoms with E-state index in [1.54, 1.807) is 0 Å². The fraction of sp³-hybridized carbons (Fsp3) is 0.526. The van der Waals surface area contributed by atoms with E-state index in [1.807, 2.05) is 10.6 Å². The van der Waals surface area contributed by atoms with Crippen LogP contribution in [0.3, 0.4) is 0 Å². The Hall–Kier alpha value is -1.85. The third-order valence-electron chi connectivity index (χ3n) is 4.40. The van der Waals surface area contributed by atoms with Gasteiger partial charge in [-0.05, 0) is 61.0 Å². The van der Waals surface area contributed by atoms with Crippen molar-refractivity contribution in [2.45, 2.75) is 52.0 Å². The quantitative estimate of drug-likeness (QED) is 0.727. The van der Waals surface area contributed by atoms with Gasteiger partial charge in [-0.2, -0.15) is 0 Å². The van der Waals surface area contributed by atoms with Gasteiger partial charge in [-0.3, -0.25) is 0 Å². The highest BCUT2D eigenvalue weighted by Gasteiger charge is 2.22. The van der Waals surface area contributed by atoms with Crippen LogP contribution in [0, 0.1) is 0 Å². The second-order valence-corrected chi connectivity index (χ2v) is 7.36. The van der Waals surface area contributed by atoms with Gasteiger partial charge in [0.2, 0.25) is 0 Å². The van der Waals surface area contributed by atoms with E-state index in [0.29, 0.717) is 18.7 Å². The van der Waals surface area contributed by atoms with Crippen molar-refractivity contribution in [3.63, 3.8) is 0 Å². The van der Waals surface area contributed by atoms with E-state index in [4.69, 9.17) is 11.5 Å². The van der Waals surface area contributed by atoms with Crippen LogP contribution in [0.25, 0.3) is 10.9 Å². The molecule has 0 atom stereocenters. The summed E-state index contributed by atoms with van der Waals surface area (Å²) in [7, 11) is 0. The lowest BCUT2D eigenvalue weighted by molar-refractivity contribution is 0.0698. The predicted molar refractivity (Wildman–Crippen MR) is 98.6 cm³/mol. The summed E-state index contributed by atoms with van der Waals surface area (Å²) in [6.07, 6.45) is 4.64. The Kier molecular flexibility index (Phi) is 5.67. The Morgan fingerprint density at radius 2 is 1.83 bits per heavy atom. The Morgan fingerprint density at radius 3 is 2.38 bits per heavy atom. The molecule has 0 aliphatic rings. The summed E-state index contributed by atoms with van der Waals surface area (Å²) >= 11 is 0. The molecule has 5 N–H and O–H groups in total. The molecular weight excluding hydrogens is 302 g/mol. The largest absolute Gasteiger partial charge is 0.478 e. The summed E-state index contributed by atoms with van der Waals surface area (Å²) in [4.78, 5) is 11.9. The molecule has 1 heterocycles. The molecule has 0 saturated heterocycles. The molecule has 0 bridgehead atoms. The molecule has 0 aliphatic heterocycles. The summed E-state index contributed by atoms with van der Waals surface area (Å²) in [6, 6.07) is 3.96. The average Bonchev–Trinajstić information content (AvgIpc) is 2.87. The van der Waals surface area contributed by atoms with E-state index in [0.717, 1.165) is 42.3 Å². The van der Waals surface area contributed by atoms with Gasteiger partial charge in [0.1, 0.15) is 0 Å². The number of benzene rings is 1. The van der Waals surface area contributed by atoms with Gasteiger partial charge in [-0.15, -0.1) is 0 Å². The summed E-state index contributed by atoms with van der Waals surface area (Å²) < 4.78 is 2.05. The van der Waals surface area contributed by atoms with Crippen molar-refractivity contribution < 1.29 is 9.90 Å². The van der Waals surface area contributed by atoms with Crippen LogP contribution >= 0.6 is 0 Å². The van der Waals surface area contributed by atoms with Crippen molar-refractivity contribution in [3.05, 3.63) is 35.0 Å². The van der Waals surface area contributed by atoms with Crippen molar-refractivity contribution >= 4 is 16.9 Å². The van der Waals surface area contributed by atoms with Gasteiger partial charge >= 0.3 is 5.97 Å². The second kappa shape index (κ2) is 7.36. The molecule has 2 rings (SSSR count). The highest BCUT2D eigenvalue weighted by molar-refractivity contribution is 6.04. The smallest absolute Gasteiger partial charge is 0.337 e. The maximum absolute atomic E-state index is 11.9. The monoisotopic (exact) mass is 331 g/mol. The standard InChI is InChI=1S/C19H29N3O2/c1-19(2,3)14-10-15-13(6-4-7-20)12-22(9-5-8-21)17(15)16(11-14)18(23)24/h10-12H,4-9,20-21H2,1-3H3,(H,23,24). The van der Waals surface area contributed by atoms with Crippen molar-refractivity contribution in [2.75, 3.05) is 13.1 Å². The molecule has 2 aromatic rings. The molecule has 0 amide bonds. The van der Waals surface area contributed by atoms with E-state index in [1.165, 1.54) is 5.56 Å². The van der Waals surface area contributed by atoms with Gasteiger partial charge in [0.05, 0.1) is 11.1 Å². The summed E-state index contributed by atoms with van der Waals surface area (Å²) in [5, 5.41) is 10.8. The van der Waals surface area contributed by atoms with Crippen LogP contribution in [0.15, 0.2) is 18.3 Å². The number of rotatable bonds is 7. The number of aromatic carboxylic acids is 1. The number of carbonyl (C=O) groups is 1. The molecule has 0 saturated carbocycles. The third-order valence-corrected chi connectivity index (χ3v) is 4.40. The number of hydrogen-bond donors (Lipinski definition) is 3. The van der Waals surface area contributed by atoms with Crippen LogP contribution in [0.5, 0.6) is 0 Å². The van der Waals surface area contributed by atoms with Crippen LogP contribution in [0.2, 0.25) is 0 Å². The Bertz CT molecular complexity index is 726. The number of aromatic nitrogens is 1. The van der Waals surface area contributed by atoms with E-state index < -0.39 is 5.97 Å². The van der Waals surface area contributed by atoms with Crippen LogP contribution in [0.4, 0.5) is 0 Å². The Labute approximate surface area is 143 Å². The molecule has 1 aromatic carbocycles. The fourth-order valence-electron chi connectivity index (χ4n) is 3.04. The highest BCUT2D eigenvalue weighted by Crippen LogP contribution is 2.32. The van der Waals surface area contributed by atoms with Crippen LogP contribution in [-0.2, 0) is 18.4 Å². The van der Waals surface area contributed by atoms with E-state index >= 15 is 0 Å². The van der Waals surface area contributed by atoms with Gasteiger partial charge < -0.3 is 21.1 Å². The van der Waals surface area contributed by atoms with E-state index in [2.05, 4.69) is 33.0 Å². The van der Waals surface area contributed by atoms with Crippen LogP contribution in [0.1, 0.15) is 55.1 Å². The minimum Gasteiger partial charge on any atom is -0.478 e. The minimum absolute atomic E-state index is 0.108. The molecule has 24 heavy (non-hydrogen) atoms. The van der Waals surface area contributed by atoms with E-state index in [-0.39, 0.29) is 5.41 Å². The first-order valence-corrected chi connectivity index (χ1v) is 8.59. The van der Waals surface area contributed by atoms with Gasteiger partial charge in [-0.25, -0.2) is 4.79 Å². The number of nitrogens with zero attached hydrogens (tertiary/aromatic N) is 1. The first kappa shape index (κ1) is 18.5. The zero-order valence-electron chi connectivity index (χ0n) is 14.9. The van der Waals surface area contributed by atoms with Crippen molar-refractivity contribution in [2.24, 2.45) is 11.5 Å². The number of hydrogen-bond acceptors (Lipinski definition) is 3. The first-order valence-electron chi connectivity index (χ1n) is 8.59. The minimum atomic E-state index is -0.886. The summed E-state index contributed by atoms with van der Waals surface area (Å²) in [5.41, 5.74) is 14.6. The van der Waals surface area contributed by atoms with Crippen molar-refractivity contribution in [1.82, 2.24) is 4.57 Å². The Balaban J connectivity index is 2.72. The van der Waals surface area contributed by atoms with Crippen LogP contribution in [-0.4, -0.2) is 28.7 Å². The topological polar surface area (TPSA) is 94.3 Å². The Morgan fingerprint density at radius 1 is 1.17 bits per heavy atom. The van der Waals surface area contributed by atoms with Gasteiger partial charge in [0.15, 0.2) is 0 Å². The normalized spacial score (nSPS) is 12.0. The maximum Gasteiger partial charge on any atom is 0.337 e. The van der Waals surface area contributed by atoms with Gasteiger partial charge in [0.25, 0.3) is 0 Å². The molecule has 1 aromatic heterocycles. The van der Waals surface area contributed by atoms with Gasteiger partial charge in [-0.1, -0.05) is 20.8 Å². The second-order valence-electron chi connectivity index (χ2n) is 7.36. The molecule has 0 fully saturated rings. The molecule has 0 spiro atoms. The lowest BCUT2D eigenvalue weighted by atomic mass is 9.84. The molecule has 0 unspecified atom stereocenters. The molecule has 5 heteroatoms. The summed E-state index contributed by atoms with van der Waals surface area (Å²) in [5.74, 6) is -0.886. The first-order chi connectivity index (χ1) is 11.3. The highest BCUT2D eigenvalue weighted by atomic mass is 16.4. The fourth-order valence-corrected chi connectivity index (χ4v) is 3.04. The lowest BCUT2D eigenvalue weighted by Gasteiger charge is -2.20. The number of nitrogens with two attached hydrogens (primary N) is 2. The van der Waals surface area contributed by atoms with Gasteiger partial charge in [0, 0.05) is 18.1 Å². The van der Waals surface area contributed by atoms with E-state index in [9.17, 15) is 9.90 Å². The van der Waals surface area contributed by atoms with Crippen molar-refractivity contribution in [3.8, 4) is 0 Å². The maximum atomic E-state index is 11.9. The number of carboxylic acid groups (broad SMARTS) is 1. The number of aryl methyl sites for hydroxylation is 2. The predicted octanol–water partition coefficient (Wildman–Crippen LogP) is 2.88. The molecule has 132 valence electrons. The zero-order valence-corrected chi connectivity index (χ0v) is 14.9. The molecule has 0 radical (unpaired) electrons. The number of fused-ring (bicyclic) bond motifs is 1. The SMILES string of the molecule is CC(C)(C)c1cc(C(=O)O)c2c(c1)c(CCCN)cn2CCCN. The van der Waals surface area contributed by atoms with Crippen molar-refractivity contribution in [1.29, 1.82) is 0 Å². The number of carboxylic acids is 1. The average molecular weight is 331 g/mol. The van der Waals surface area contributed by atoms with Crippen LogP contribution < -0.4 is 11.5 Å². The lowest BCUT2D eigenvalue weighted by Crippen LogP contribution is -2.13. The molecule has 0 aliphatic carbocycles. The molecule has 5 nitrogen and oxygen atoms in total. The summed E-state index contributed by atoms with van der Waals surface area (Å²) in [6.45, 7) is 8.24. The zero-order chi connectivity index (χ0) is 17.9.